The van der Waals surface area contributed by atoms with Gasteiger partial charge < -0.3 is 15.2 Å². The van der Waals surface area contributed by atoms with E-state index in [1.807, 2.05) is 40.0 Å². The van der Waals surface area contributed by atoms with E-state index in [4.69, 9.17) is 0 Å². The number of aromatic nitrogens is 3. The smallest absolute Gasteiger partial charge is 0.326 e. The summed E-state index contributed by atoms with van der Waals surface area (Å²) in [5.41, 5.74) is 3.23. The third kappa shape index (κ3) is 3.22. The number of anilines is 1. The molecular weight excluding hydrogens is 374 g/mol. The molecule has 1 aromatic carbocycles. The highest BCUT2D eigenvalue weighted by Gasteiger charge is 2.28. The minimum absolute atomic E-state index is 0.0328. The molecule has 28 heavy (non-hydrogen) atoms. The van der Waals surface area contributed by atoms with E-state index in [0.717, 1.165) is 60.6 Å². The molecule has 0 unspecified atom stereocenters. The first-order valence-electron chi connectivity index (χ1n) is 9.81. The molecule has 0 radical (unpaired) electrons. The second-order valence-corrected chi connectivity index (χ2v) is 8.63. The number of imidazole rings is 1. The van der Waals surface area contributed by atoms with Crippen molar-refractivity contribution >= 4 is 33.4 Å². The summed E-state index contributed by atoms with van der Waals surface area (Å²) in [6, 6.07) is 6.23. The van der Waals surface area contributed by atoms with Crippen molar-refractivity contribution in [3.8, 4) is 0 Å². The summed E-state index contributed by atoms with van der Waals surface area (Å²) in [5, 5.41) is 6.47. The van der Waals surface area contributed by atoms with Gasteiger partial charge in [0.25, 0.3) is 5.91 Å². The Balaban J connectivity index is 1.27. The van der Waals surface area contributed by atoms with Crippen LogP contribution in [-0.4, -0.2) is 44.5 Å². The van der Waals surface area contributed by atoms with Crippen molar-refractivity contribution in [1.82, 2.24) is 19.4 Å². The quantitative estimate of drug-likeness (QED) is 0.708. The summed E-state index contributed by atoms with van der Waals surface area (Å²) >= 11 is 1.62. The van der Waals surface area contributed by atoms with E-state index < -0.39 is 0 Å². The van der Waals surface area contributed by atoms with Gasteiger partial charge >= 0.3 is 5.69 Å². The van der Waals surface area contributed by atoms with Crippen LogP contribution >= 0.6 is 11.3 Å². The summed E-state index contributed by atoms with van der Waals surface area (Å²) in [7, 11) is 0. The van der Waals surface area contributed by atoms with Gasteiger partial charge in [0.15, 0.2) is 5.13 Å². The van der Waals surface area contributed by atoms with Gasteiger partial charge in [0.2, 0.25) is 0 Å². The largest absolute Gasteiger partial charge is 0.359 e. The van der Waals surface area contributed by atoms with Crippen molar-refractivity contribution in [1.29, 1.82) is 0 Å². The molecule has 3 aromatic rings. The van der Waals surface area contributed by atoms with Crippen LogP contribution in [-0.2, 0) is 0 Å². The van der Waals surface area contributed by atoms with E-state index in [-0.39, 0.29) is 11.6 Å². The number of nitrogens with one attached hydrogen (secondary N) is 2. The van der Waals surface area contributed by atoms with Crippen molar-refractivity contribution in [2.75, 3.05) is 18.4 Å². The average molecular weight is 398 g/mol. The van der Waals surface area contributed by atoms with E-state index >= 15 is 0 Å². The number of fused-ring (bicyclic) bond motifs is 1. The molecule has 2 aliphatic rings. The van der Waals surface area contributed by atoms with Crippen LogP contribution in [0.2, 0.25) is 0 Å². The van der Waals surface area contributed by atoms with Crippen LogP contribution in [0.4, 0.5) is 5.13 Å². The Kier molecular flexibility index (Phi) is 4.23. The third-order valence-corrected chi connectivity index (χ3v) is 6.50. The molecule has 2 fully saturated rings. The minimum Gasteiger partial charge on any atom is -0.359 e. The van der Waals surface area contributed by atoms with Crippen LogP contribution in [0.25, 0.3) is 11.0 Å². The van der Waals surface area contributed by atoms with E-state index in [9.17, 15) is 9.59 Å². The molecule has 7 nitrogen and oxygen atoms in total. The lowest BCUT2D eigenvalue weighted by molar-refractivity contribution is 0.0718. The fourth-order valence-corrected chi connectivity index (χ4v) is 4.73. The maximum Gasteiger partial charge on any atom is 0.326 e. The first kappa shape index (κ1) is 17.5. The van der Waals surface area contributed by atoms with E-state index in [1.165, 1.54) is 0 Å². The summed E-state index contributed by atoms with van der Waals surface area (Å²) in [6.07, 6.45) is 3.91. The van der Waals surface area contributed by atoms with Gasteiger partial charge in [0.05, 0.1) is 16.7 Å². The van der Waals surface area contributed by atoms with Crippen LogP contribution in [0.5, 0.6) is 0 Å². The molecule has 1 aliphatic heterocycles. The van der Waals surface area contributed by atoms with Gasteiger partial charge in [0, 0.05) is 36.1 Å². The van der Waals surface area contributed by atoms with Crippen LogP contribution in [0.1, 0.15) is 47.8 Å². The number of hydrogen-bond donors (Lipinski definition) is 2. The van der Waals surface area contributed by atoms with Crippen molar-refractivity contribution in [2.45, 2.75) is 44.7 Å². The summed E-state index contributed by atoms with van der Waals surface area (Å²) < 4.78 is 1.82. The predicted molar refractivity (Wildman–Crippen MR) is 110 cm³/mol. The second-order valence-electron chi connectivity index (χ2n) is 7.77. The number of aromatic amines is 1. The fraction of sp³-hybridized carbons (Fsp3) is 0.450. The number of carbonyl (C=O) groups is 1. The first-order valence-corrected chi connectivity index (χ1v) is 10.7. The SMILES string of the molecule is Cc1csc(NC2CCN(C(=O)c3ccc4c(c3)[nH]c(=O)n4C3CC3)CC2)n1. The van der Waals surface area contributed by atoms with Crippen molar-refractivity contribution in [2.24, 2.45) is 0 Å². The van der Waals surface area contributed by atoms with Gasteiger partial charge in [-0.2, -0.15) is 0 Å². The number of amides is 1. The standard InChI is InChI=1S/C20H23N5O2S/c1-12-11-28-19(21-12)22-14-6-8-24(9-7-14)18(26)13-2-5-17-16(10-13)23-20(27)25(17)15-3-4-15/h2,5,10-11,14-15H,3-4,6-9H2,1H3,(H,21,22)(H,23,27). The number of piperidine rings is 1. The molecule has 1 saturated heterocycles. The molecule has 8 heteroatoms. The highest BCUT2D eigenvalue weighted by molar-refractivity contribution is 7.13. The first-order chi connectivity index (χ1) is 13.6. The maximum absolute atomic E-state index is 12.9. The Morgan fingerprint density at radius 1 is 1.25 bits per heavy atom. The normalized spacial score (nSPS) is 18.0. The highest BCUT2D eigenvalue weighted by Crippen LogP contribution is 2.35. The number of rotatable bonds is 4. The van der Waals surface area contributed by atoms with Crippen molar-refractivity contribution < 1.29 is 4.79 Å². The lowest BCUT2D eigenvalue weighted by Gasteiger charge is -2.32. The van der Waals surface area contributed by atoms with Crippen molar-refractivity contribution in [3.63, 3.8) is 0 Å². The molecule has 5 rings (SSSR count). The van der Waals surface area contributed by atoms with Crippen molar-refractivity contribution in [3.05, 3.63) is 45.3 Å². The Bertz CT molecular complexity index is 1090. The zero-order valence-electron chi connectivity index (χ0n) is 15.8. The molecule has 2 N–H and O–H groups in total. The molecule has 3 heterocycles. The van der Waals surface area contributed by atoms with E-state index in [2.05, 4.69) is 15.3 Å². The van der Waals surface area contributed by atoms with E-state index in [1.54, 1.807) is 11.3 Å². The maximum atomic E-state index is 12.9. The molecule has 2 aromatic heterocycles. The lowest BCUT2D eigenvalue weighted by atomic mass is 10.0. The Morgan fingerprint density at radius 2 is 2.04 bits per heavy atom. The Morgan fingerprint density at radius 3 is 2.71 bits per heavy atom. The summed E-state index contributed by atoms with van der Waals surface area (Å²) in [5.74, 6) is 0.0328. The summed E-state index contributed by atoms with van der Waals surface area (Å²) in [4.78, 5) is 34.4. The third-order valence-electron chi connectivity index (χ3n) is 5.60. The average Bonchev–Trinajstić information content (AvgIpc) is 3.36. The monoisotopic (exact) mass is 397 g/mol. The van der Waals surface area contributed by atoms with Gasteiger partial charge in [-0.05, 0) is 50.8 Å². The Labute approximate surface area is 166 Å². The lowest BCUT2D eigenvalue weighted by Crippen LogP contribution is -2.42. The molecular formula is C20H23N5O2S. The van der Waals surface area contributed by atoms with Crippen LogP contribution < -0.4 is 11.0 Å². The zero-order chi connectivity index (χ0) is 19.3. The van der Waals surface area contributed by atoms with Gasteiger partial charge in [0.1, 0.15) is 0 Å². The zero-order valence-corrected chi connectivity index (χ0v) is 16.6. The fourth-order valence-electron chi connectivity index (χ4n) is 3.96. The van der Waals surface area contributed by atoms with Crippen LogP contribution in [0, 0.1) is 6.92 Å². The number of H-pyrrole nitrogens is 1. The number of nitrogens with zero attached hydrogens (tertiary/aromatic N) is 3. The number of hydrogen-bond acceptors (Lipinski definition) is 5. The number of benzene rings is 1. The Hall–Kier alpha value is -2.61. The number of likely N-dealkylation sites (tertiary alicyclic amines) is 1. The number of aryl methyl sites for hydroxylation is 1. The number of thiazole rings is 1. The molecule has 1 saturated carbocycles. The molecule has 0 bridgehead atoms. The number of carbonyl (C=O) groups excluding carboxylic acids is 1. The molecule has 0 spiro atoms. The molecule has 0 atom stereocenters. The highest BCUT2D eigenvalue weighted by atomic mass is 32.1. The van der Waals surface area contributed by atoms with E-state index in [0.29, 0.717) is 17.6 Å². The summed E-state index contributed by atoms with van der Waals surface area (Å²) in [6.45, 7) is 3.43. The van der Waals surface area contributed by atoms with Gasteiger partial charge in [-0.15, -0.1) is 11.3 Å². The van der Waals surface area contributed by atoms with Gasteiger partial charge in [-0.3, -0.25) is 9.36 Å². The molecule has 1 amide bonds. The second kappa shape index (κ2) is 6.77. The topological polar surface area (TPSA) is 83.0 Å². The van der Waals surface area contributed by atoms with Crippen LogP contribution in [0.15, 0.2) is 28.4 Å². The molecule has 146 valence electrons. The van der Waals surface area contributed by atoms with Crippen LogP contribution in [0.3, 0.4) is 0 Å². The van der Waals surface area contributed by atoms with Gasteiger partial charge in [-0.25, -0.2) is 9.78 Å². The van der Waals surface area contributed by atoms with Gasteiger partial charge in [-0.1, -0.05) is 0 Å². The predicted octanol–water partition coefficient (Wildman–Crippen LogP) is 3.15. The molecule has 1 aliphatic carbocycles. The minimum atomic E-state index is -0.0774.